The van der Waals surface area contributed by atoms with Gasteiger partial charge in [0.1, 0.15) is 23.5 Å². The summed E-state index contributed by atoms with van der Waals surface area (Å²) in [4.78, 5) is 65.4. The molecular formula is C56H72N10O8S. The first-order valence-electron chi connectivity index (χ1n) is 26.1. The second-order valence-corrected chi connectivity index (χ2v) is 21.9. The van der Waals surface area contributed by atoms with Crippen molar-refractivity contribution < 1.29 is 38.9 Å². The molecule has 5 heterocycles. The van der Waals surface area contributed by atoms with Crippen LogP contribution in [0.15, 0.2) is 84.4 Å². The van der Waals surface area contributed by atoms with Gasteiger partial charge in [0.05, 0.1) is 47.5 Å². The van der Waals surface area contributed by atoms with Crippen molar-refractivity contribution in [3.63, 3.8) is 0 Å². The van der Waals surface area contributed by atoms with Gasteiger partial charge >= 0.3 is 0 Å². The number of nitrogens with zero attached hydrogens (tertiary/aromatic N) is 6. The standard InChI is InChI=1S/C56H72N10O8S/c1-36-51(75-35-60-36)40-15-13-39(14-16-40)32-59-54(71)46-29-41(67)33-66(46)55(72)52(56(2,3)4)61-50(70)34-65-25-19-43(20-26-65)74-42-17-23-64(24-18-42)27-21-49(69)58-31-38-11-9-37(10-12-38)22-28-73-48-30-45(62-63-53(48)57)44-7-5-6-8-47(44)68/h5-16,30,35,41-43,46,52,67-68H,17-29,31-34H2,1-4H3,(H2,57,63)(H,58,69)(H,59,71)(H,61,70)/t41-,46+,52-/m1/s1. The average molecular weight is 1050 g/mol. The molecule has 3 aromatic carbocycles. The molecule has 3 aliphatic rings. The van der Waals surface area contributed by atoms with E-state index in [1.807, 2.05) is 87.8 Å². The summed E-state index contributed by atoms with van der Waals surface area (Å²) in [6, 6.07) is 22.8. The number of nitrogen functional groups attached to an aromatic ring is 1. The molecule has 8 rings (SSSR count). The van der Waals surface area contributed by atoms with E-state index in [0.717, 1.165) is 71.6 Å². The molecule has 0 spiro atoms. The van der Waals surface area contributed by atoms with Gasteiger partial charge in [0, 0.05) is 83.3 Å². The quantitative estimate of drug-likeness (QED) is 0.0585. The van der Waals surface area contributed by atoms with E-state index in [2.05, 4.69) is 40.9 Å². The lowest BCUT2D eigenvalue weighted by molar-refractivity contribution is -0.144. The summed E-state index contributed by atoms with van der Waals surface area (Å²) >= 11 is 1.58. The number of likely N-dealkylation sites (tertiary alicyclic amines) is 3. The number of hydrogen-bond acceptors (Lipinski definition) is 15. The van der Waals surface area contributed by atoms with Gasteiger partial charge in [-0.1, -0.05) is 81.4 Å². The number of para-hydroxylation sites is 1. The third-order valence-corrected chi connectivity index (χ3v) is 15.3. The minimum atomic E-state index is -0.898. The lowest BCUT2D eigenvalue weighted by Gasteiger charge is -2.38. The third kappa shape index (κ3) is 15.1. The maximum Gasteiger partial charge on any atom is 0.246 e. The van der Waals surface area contributed by atoms with Crippen molar-refractivity contribution in [3.8, 4) is 33.2 Å². The lowest BCUT2D eigenvalue weighted by Crippen LogP contribution is -2.59. The number of anilines is 1. The molecule has 3 aliphatic heterocycles. The minimum absolute atomic E-state index is 0.00977. The maximum absolute atomic E-state index is 14.2. The highest BCUT2D eigenvalue weighted by Gasteiger charge is 2.44. The number of benzene rings is 3. The number of nitrogens with one attached hydrogen (secondary N) is 3. The van der Waals surface area contributed by atoms with Crippen molar-refractivity contribution in [2.24, 2.45) is 5.41 Å². The number of carbonyl (C=O) groups excluding carboxylic acids is 4. The van der Waals surface area contributed by atoms with Crippen LogP contribution in [-0.4, -0.2) is 147 Å². The number of hydrogen-bond donors (Lipinski definition) is 6. The molecule has 3 saturated heterocycles. The number of thiazole rings is 1. The number of aromatic hydroxyl groups is 1. The van der Waals surface area contributed by atoms with E-state index in [1.54, 1.807) is 35.6 Å². The topological polar surface area (TPSA) is 238 Å². The highest BCUT2D eigenvalue weighted by Crippen LogP contribution is 2.32. The van der Waals surface area contributed by atoms with Crippen LogP contribution >= 0.6 is 11.3 Å². The Morgan fingerprint density at radius 1 is 0.840 bits per heavy atom. The van der Waals surface area contributed by atoms with Crippen LogP contribution in [0.1, 0.15) is 81.7 Å². The Morgan fingerprint density at radius 2 is 1.48 bits per heavy atom. The summed E-state index contributed by atoms with van der Waals surface area (Å²) in [5, 5.41) is 38.0. The summed E-state index contributed by atoms with van der Waals surface area (Å²) in [6.45, 7) is 12.7. The number of aryl methyl sites for hydroxylation is 1. The number of nitrogens with two attached hydrogens (primary N) is 1. The summed E-state index contributed by atoms with van der Waals surface area (Å²) in [6.07, 6.45) is 3.97. The Labute approximate surface area is 443 Å². The monoisotopic (exact) mass is 1040 g/mol. The molecule has 75 heavy (non-hydrogen) atoms. The molecule has 19 heteroatoms. The summed E-state index contributed by atoms with van der Waals surface area (Å²) in [5.41, 5.74) is 13.2. The number of aliphatic hydroxyl groups is 1. The molecule has 2 aromatic heterocycles. The van der Waals surface area contributed by atoms with Crippen LogP contribution in [0.25, 0.3) is 21.7 Å². The highest BCUT2D eigenvalue weighted by molar-refractivity contribution is 7.13. The number of piperidine rings is 2. The summed E-state index contributed by atoms with van der Waals surface area (Å²) < 4.78 is 12.5. The van der Waals surface area contributed by atoms with Crippen LogP contribution in [0.3, 0.4) is 0 Å². The molecule has 4 amide bonds. The van der Waals surface area contributed by atoms with Crippen LogP contribution in [0.4, 0.5) is 5.82 Å². The molecule has 3 atom stereocenters. The Balaban J connectivity index is 0.692. The number of phenolic OH excluding ortho intramolecular Hbond substituents is 1. The van der Waals surface area contributed by atoms with E-state index >= 15 is 0 Å². The van der Waals surface area contributed by atoms with Gasteiger partial charge in [0.2, 0.25) is 23.6 Å². The minimum Gasteiger partial charge on any atom is -0.507 e. The number of aliphatic hydroxyl groups excluding tert-OH is 1. The fourth-order valence-corrected chi connectivity index (χ4v) is 10.7. The number of aromatic nitrogens is 3. The Bertz CT molecular complexity index is 2720. The van der Waals surface area contributed by atoms with Gasteiger partial charge in [0.25, 0.3) is 0 Å². The second-order valence-electron chi connectivity index (χ2n) is 21.0. The van der Waals surface area contributed by atoms with Crippen molar-refractivity contribution in [3.05, 3.63) is 107 Å². The Morgan fingerprint density at radius 3 is 2.13 bits per heavy atom. The van der Waals surface area contributed by atoms with Gasteiger partial charge in [-0.3, -0.25) is 24.1 Å². The number of carbonyl (C=O) groups is 4. The second kappa shape index (κ2) is 25.3. The van der Waals surface area contributed by atoms with Crippen LogP contribution in [0.5, 0.6) is 11.5 Å². The lowest BCUT2D eigenvalue weighted by atomic mass is 9.85. The zero-order valence-electron chi connectivity index (χ0n) is 43.5. The summed E-state index contributed by atoms with van der Waals surface area (Å²) in [7, 11) is 0. The number of amides is 4. The Hall–Kier alpha value is -6.51. The molecule has 18 nitrogen and oxygen atoms in total. The van der Waals surface area contributed by atoms with Gasteiger partial charge in [-0.25, -0.2) is 4.98 Å². The number of ether oxygens (including phenoxy) is 2. The normalized spacial score (nSPS) is 18.4. The van der Waals surface area contributed by atoms with Crippen molar-refractivity contribution >= 4 is 40.8 Å². The van der Waals surface area contributed by atoms with E-state index in [9.17, 15) is 29.4 Å². The van der Waals surface area contributed by atoms with E-state index in [-0.39, 0.29) is 73.5 Å². The average Bonchev–Trinajstić information content (AvgIpc) is 4.02. The SMILES string of the molecule is Cc1ncsc1-c1ccc(CNC(=O)[C@@H]2C[C@@H](O)CN2C(=O)[C@@H](NC(=O)CN2CCC(OC3CCN(CCC(=O)NCc4ccc(CCOc5cc(-c6ccccc6O)nnc5N)cc4)CC3)CC2)C(C)(C)C)cc1. The van der Waals surface area contributed by atoms with E-state index < -0.39 is 23.6 Å². The van der Waals surface area contributed by atoms with Crippen LogP contribution in [0, 0.1) is 12.3 Å². The molecule has 0 saturated carbocycles. The largest absolute Gasteiger partial charge is 0.507 e. The molecule has 0 radical (unpaired) electrons. The summed E-state index contributed by atoms with van der Waals surface area (Å²) in [5.74, 6) is -0.306. The fraction of sp³-hybridized carbons (Fsp3) is 0.482. The van der Waals surface area contributed by atoms with Crippen molar-refractivity contribution in [2.45, 2.75) is 116 Å². The smallest absolute Gasteiger partial charge is 0.246 e. The van der Waals surface area contributed by atoms with Crippen LogP contribution in [-0.2, 0) is 43.4 Å². The van der Waals surface area contributed by atoms with Gasteiger partial charge in [-0.05, 0) is 72.4 Å². The molecule has 7 N–H and O–H groups in total. The van der Waals surface area contributed by atoms with Gasteiger partial charge in [-0.2, -0.15) is 0 Å². The molecule has 0 bridgehead atoms. The zero-order valence-corrected chi connectivity index (χ0v) is 44.3. The maximum atomic E-state index is 14.2. The highest BCUT2D eigenvalue weighted by atomic mass is 32.1. The fourth-order valence-electron chi connectivity index (χ4n) is 9.91. The van der Waals surface area contributed by atoms with Crippen molar-refractivity contribution in [1.29, 1.82) is 0 Å². The first-order valence-corrected chi connectivity index (χ1v) is 27.0. The molecule has 3 fully saturated rings. The molecule has 0 aliphatic carbocycles. The Kier molecular flexibility index (Phi) is 18.5. The van der Waals surface area contributed by atoms with E-state index in [4.69, 9.17) is 15.2 Å². The first kappa shape index (κ1) is 54.7. The van der Waals surface area contributed by atoms with Crippen molar-refractivity contribution in [1.82, 2.24) is 45.8 Å². The number of rotatable bonds is 20. The van der Waals surface area contributed by atoms with E-state index in [0.29, 0.717) is 62.6 Å². The molecular weight excluding hydrogens is 973 g/mol. The van der Waals surface area contributed by atoms with E-state index in [1.165, 1.54) is 4.90 Å². The van der Waals surface area contributed by atoms with Crippen LogP contribution < -0.4 is 26.4 Å². The number of β-amino-alcohol motifs (C(OH)–C–C–N with tert-alkyl or cyclic N) is 1. The van der Waals surface area contributed by atoms with Crippen molar-refractivity contribution in [2.75, 3.05) is 58.2 Å². The van der Waals surface area contributed by atoms with Gasteiger partial charge in [-0.15, -0.1) is 21.5 Å². The third-order valence-electron chi connectivity index (χ3n) is 14.3. The predicted octanol–water partition coefficient (Wildman–Crippen LogP) is 5.25. The van der Waals surface area contributed by atoms with Crippen LogP contribution in [0.2, 0.25) is 0 Å². The zero-order chi connectivity index (χ0) is 53.1. The number of phenols is 1. The molecule has 400 valence electrons. The predicted molar refractivity (Wildman–Crippen MR) is 287 cm³/mol. The van der Waals surface area contributed by atoms with Gasteiger partial charge in [0.15, 0.2) is 11.6 Å². The van der Waals surface area contributed by atoms with Gasteiger partial charge < -0.3 is 51.2 Å². The molecule has 0 unspecified atom stereocenters. The molecule has 5 aromatic rings. The first-order chi connectivity index (χ1) is 36.1.